The van der Waals surface area contributed by atoms with Crippen molar-refractivity contribution in [3.63, 3.8) is 0 Å². The molecule has 0 saturated carbocycles. The van der Waals surface area contributed by atoms with Gasteiger partial charge in [-0.05, 0) is 13.8 Å². The molecule has 8 heteroatoms. The van der Waals surface area contributed by atoms with Crippen molar-refractivity contribution in [2.75, 3.05) is 19.7 Å². The first-order valence-corrected chi connectivity index (χ1v) is 5.84. The number of rotatable bonds is 7. The Kier molecular flexibility index (Phi) is 7.90. The number of esters is 1. The first-order valence-electron chi connectivity index (χ1n) is 5.84. The zero-order chi connectivity index (χ0) is 14.8. The Morgan fingerprint density at radius 2 is 1.63 bits per heavy atom. The molecule has 0 aromatic rings. The van der Waals surface area contributed by atoms with Crippen molar-refractivity contribution >= 4 is 23.7 Å². The van der Waals surface area contributed by atoms with Crippen molar-refractivity contribution in [3.8, 4) is 0 Å². The lowest BCUT2D eigenvalue weighted by Gasteiger charge is -2.12. The lowest BCUT2D eigenvalue weighted by atomic mass is 10.3. The van der Waals surface area contributed by atoms with E-state index in [1.165, 1.54) is 13.8 Å². The van der Waals surface area contributed by atoms with Crippen LogP contribution in [0.25, 0.3) is 0 Å². The van der Waals surface area contributed by atoms with Gasteiger partial charge >= 0.3 is 5.97 Å². The maximum absolute atomic E-state index is 11.4. The largest absolute Gasteiger partial charge is 0.464 e. The summed E-state index contributed by atoms with van der Waals surface area (Å²) in [5.41, 5.74) is 0. The van der Waals surface area contributed by atoms with Gasteiger partial charge in [0.1, 0.15) is 6.04 Å². The van der Waals surface area contributed by atoms with E-state index in [1.807, 2.05) is 0 Å². The SMILES string of the molecule is CCOC(=O)[C@H](C)NC(=O)CNC(=O)CNC(C)=O. The molecular formula is C11H19N3O5. The van der Waals surface area contributed by atoms with Crippen LogP contribution in [0.1, 0.15) is 20.8 Å². The fourth-order valence-electron chi connectivity index (χ4n) is 1.06. The molecule has 0 unspecified atom stereocenters. The third-order valence-corrected chi connectivity index (χ3v) is 1.96. The van der Waals surface area contributed by atoms with Crippen molar-refractivity contribution in [2.24, 2.45) is 0 Å². The molecule has 0 aromatic heterocycles. The number of hydrogen-bond acceptors (Lipinski definition) is 5. The van der Waals surface area contributed by atoms with Gasteiger partial charge in [0.2, 0.25) is 17.7 Å². The molecule has 0 saturated heterocycles. The molecule has 0 aliphatic heterocycles. The minimum absolute atomic E-state index is 0.198. The quantitative estimate of drug-likeness (QED) is 0.479. The molecule has 3 N–H and O–H groups in total. The first kappa shape index (κ1) is 16.9. The number of nitrogens with one attached hydrogen (secondary N) is 3. The third kappa shape index (κ3) is 8.58. The number of carbonyl (C=O) groups is 4. The van der Waals surface area contributed by atoms with Gasteiger partial charge in [0.05, 0.1) is 19.7 Å². The van der Waals surface area contributed by atoms with Gasteiger partial charge in [-0.3, -0.25) is 14.4 Å². The lowest BCUT2D eigenvalue weighted by Crippen LogP contribution is -2.46. The summed E-state index contributed by atoms with van der Waals surface area (Å²) in [4.78, 5) is 44.3. The van der Waals surface area contributed by atoms with Gasteiger partial charge in [-0.25, -0.2) is 4.79 Å². The molecule has 108 valence electrons. The number of hydrogen-bond donors (Lipinski definition) is 3. The highest BCUT2D eigenvalue weighted by atomic mass is 16.5. The second-order valence-electron chi connectivity index (χ2n) is 3.73. The molecule has 19 heavy (non-hydrogen) atoms. The molecule has 0 bridgehead atoms. The third-order valence-electron chi connectivity index (χ3n) is 1.96. The van der Waals surface area contributed by atoms with Gasteiger partial charge in [0, 0.05) is 6.92 Å². The maximum Gasteiger partial charge on any atom is 0.328 e. The van der Waals surface area contributed by atoms with E-state index in [4.69, 9.17) is 4.74 Å². The van der Waals surface area contributed by atoms with E-state index in [-0.39, 0.29) is 25.6 Å². The minimum atomic E-state index is -0.778. The predicted octanol–water partition coefficient (Wildman–Crippen LogP) is -1.69. The molecular weight excluding hydrogens is 254 g/mol. The van der Waals surface area contributed by atoms with Gasteiger partial charge in [0.15, 0.2) is 0 Å². The standard InChI is InChI=1S/C11H19N3O5/c1-4-19-11(18)7(2)14-10(17)6-13-9(16)5-12-8(3)15/h7H,4-6H2,1-3H3,(H,12,15)(H,13,16)(H,14,17)/t7-/m0/s1. The topological polar surface area (TPSA) is 114 Å². The Labute approximate surface area is 111 Å². The summed E-state index contributed by atoms with van der Waals surface area (Å²) in [6.07, 6.45) is 0. The Bertz CT molecular complexity index is 356. The van der Waals surface area contributed by atoms with Crippen LogP contribution in [0.3, 0.4) is 0 Å². The van der Waals surface area contributed by atoms with E-state index in [0.29, 0.717) is 0 Å². The molecule has 0 aromatic carbocycles. The van der Waals surface area contributed by atoms with Crippen molar-refractivity contribution in [1.82, 2.24) is 16.0 Å². The van der Waals surface area contributed by atoms with Crippen LogP contribution in [0.5, 0.6) is 0 Å². The van der Waals surface area contributed by atoms with Crippen LogP contribution in [0.4, 0.5) is 0 Å². The summed E-state index contributed by atoms with van der Waals surface area (Å²) >= 11 is 0. The maximum atomic E-state index is 11.4. The van der Waals surface area contributed by atoms with Gasteiger partial charge in [-0.2, -0.15) is 0 Å². The summed E-state index contributed by atoms with van der Waals surface area (Å²) in [7, 11) is 0. The monoisotopic (exact) mass is 273 g/mol. The van der Waals surface area contributed by atoms with Crippen LogP contribution >= 0.6 is 0 Å². The number of carbonyl (C=O) groups excluding carboxylic acids is 4. The summed E-state index contributed by atoms with van der Waals surface area (Å²) in [6, 6.07) is -0.778. The van der Waals surface area contributed by atoms with Gasteiger partial charge in [-0.1, -0.05) is 0 Å². The van der Waals surface area contributed by atoms with E-state index >= 15 is 0 Å². The van der Waals surface area contributed by atoms with E-state index in [2.05, 4.69) is 16.0 Å². The molecule has 0 heterocycles. The van der Waals surface area contributed by atoms with Crippen LogP contribution in [0.15, 0.2) is 0 Å². The average Bonchev–Trinajstić information content (AvgIpc) is 2.34. The molecule has 0 rings (SSSR count). The van der Waals surface area contributed by atoms with Crippen LogP contribution in [-0.2, 0) is 23.9 Å². The zero-order valence-corrected chi connectivity index (χ0v) is 11.2. The normalized spacial score (nSPS) is 11.1. The summed E-state index contributed by atoms with van der Waals surface area (Å²) in [5, 5.41) is 6.95. The van der Waals surface area contributed by atoms with Crippen LogP contribution < -0.4 is 16.0 Å². The molecule has 0 spiro atoms. The van der Waals surface area contributed by atoms with Gasteiger partial charge in [-0.15, -0.1) is 0 Å². The summed E-state index contributed by atoms with van der Waals surface area (Å²) in [6.45, 7) is 4.18. The smallest absolute Gasteiger partial charge is 0.328 e. The first-order chi connectivity index (χ1) is 8.86. The van der Waals surface area contributed by atoms with Crippen LogP contribution in [0.2, 0.25) is 0 Å². The molecule has 1 atom stereocenters. The second-order valence-corrected chi connectivity index (χ2v) is 3.73. The predicted molar refractivity (Wildman–Crippen MR) is 65.9 cm³/mol. The van der Waals surface area contributed by atoms with Gasteiger partial charge < -0.3 is 20.7 Å². The molecule has 0 radical (unpaired) electrons. The molecule has 8 nitrogen and oxygen atoms in total. The highest BCUT2D eigenvalue weighted by Crippen LogP contribution is 1.87. The Hall–Kier alpha value is -2.12. The van der Waals surface area contributed by atoms with Crippen LogP contribution in [0, 0.1) is 0 Å². The Balaban J connectivity index is 3.89. The Morgan fingerprint density at radius 3 is 2.16 bits per heavy atom. The average molecular weight is 273 g/mol. The van der Waals surface area contributed by atoms with Crippen molar-refractivity contribution in [3.05, 3.63) is 0 Å². The molecule has 0 aliphatic rings. The van der Waals surface area contributed by atoms with E-state index in [9.17, 15) is 19.2 Å². The minimum Gasteiger partial charge on any atom is -0.464 e. The summed E-state index contributed by atoms with van der Waals surface area (Å²) in [5.74, 6) is -1.89. The summed E-state index contributed by atoms with van der Waals surface area (Å²) < 4.78 is 4.71. The van der Waals surface area contributed by atoms with Crippen molar-refractivity contribution in [2.45, 2.75) is 26.8 Å². The van der Waals surface area contributed by atoms with Crippen molar-refractivity contribution < 1.29 is 23.9 Å². The lowest BCUT2D eigenvalue weighted by molar-refractivity contribution is -0.146. The van der Waals surface area contributed by atoms with Gasteiger partial charge in [0.25, 0.3) is 0 Å². The van der Waals surface area contributed by atoms with E-state index < -0.39 is 23.8 Å². The highest BCUT2D eigenvalue weighted by molar-refractivity contribution is 5.89. The van der Waals surface area contributed by atoms with Crippen molar-refractivity contribution in [1.29, 1.82) is 0 Å². The Morgan fingerprint density at radius 1 is 1.05 bits per heavy atom. The molecule has 0 aliphatic carbocycles. The van der Waals surface area contributed by atoms with E-state index in [1.54, 1.807) is 6.92 Å². The second kappa shape index (κ2) is 8.90. The fraction of sp³-hybridized carbons (Fsp3) is 0.636. The molecule has 3 amide bonds. The fourth-order valence-corrected chi connectivity index (χ4v) is 1.06. The zero-order valence-electron chi connectivity index (χ0n) is 11.2. The molecule has 0 fully saturated rings. The number of amides is 3. The number of ether oxygens (including phenoxy) is 1. The van der Waals surface area contributed by atoms with E-state index in [0.717, 1.165) is 0 Å². The highest BCUT2D eigenvalue weighted by Gasteiger charge is 2.16. The van der Waals surface area contributed by atoms with Crippen LogP contribution in [-0.4, -0.2) is 49.4 Å².